The first-order valence-corrected chi connectivity index (χ1v) is 7.02. The zero-order chi connectivity index (χ0) is 12.5. The standard InChI is InChI=1S/C15H18N2S/c1-11-6-7-14-13(10-11)16-15(18)17(14)9-8-12-4-2-3-5-12/h4,6-7,10H,2-3,5,8-9H2,1H3,(H,16,18). The lowest BCUT2D eigenvalue weighted by atomic mass is 10.1. The van der Waals surface area contributed by atoms with Crippen molar-refractivity contribution in [3.05, 3.63) is 40.2 Å². The Kier molecular flexibility index (Phi) is 3.08. The van der Waals surface area contributed by atoms with Gasteiger partial charge in [-0.25, -0.2) is 0 Å². The van der Waals surface area contributed by atoms with E-state index in [1.54, 1.807) is 5.57 Å². The minimum atomic E-state index is 0.842. The maximum Gasteiger partial charge on any atom is 0.178 e. The summed E-state index contributed by atoms with van der Waals surface area (Å²) in [6.45, 7) is 3.10. The summed E-state index contributed by atoms with van der Waals surface area (Å²) in [5.74, 6) is 0. The second-order valence-electron chi connectivity index (χ2n) is 5.11. The molecule has 0 unspecified atom stereocenters. The Hall–Kier alpha value is -1.35. The monoisotopic (exact) mass is 258 g/mol. The van der Waals surface area contributed by atoms with Crippen LogP contribution in [0.1, 0.15) is 31.2 Å². The highest BCUT2D eigenvalue weighted by Crippen LogP contribution is 2.23. The molecule has 1 aromatic heterocycles. The van der Waals surface area contributed by atoms with E-state index in [4.69, 9.17) is 12.2 Å². The third-order valence-corrected chi connectivity index (χ3v) is 4.04. The van der Waals surface area contributed by atoms with Gasteiger partial charge in [-0.05, 0) is 62.5 Å². The molecule has 0 saturated heterocycles. The van der Waals surface area contributed by atoms with Crippen LogP contribution in [0.3, 0.4) is 0 Å². The minimum Gasteiger partial charge on any atom is -0.331 e. The van der Waals surface area contributed by atoms with Crippen molar-refractivity contribution in [1.29, 1.82) is 0 Å². The number of allylic oxidation sites excluding steroid dienone is 2. The average Bonchev–Trinajstić information content (AvgIpc) is 2.93. The fourth-order valence-corrected chi connectivity index (χ4v) is 3.02. The SMILES string of the molecule is Cc1ccc2c(c1)[nH]c(=S)n2CCC1=CCCC1. The summed E-state index contributed by atoms with van der Waals surface area (Å²) in [7, 11) is 0. The van der Waals surface area contributed by atoms with E-state index in [1.165, 1.54) is 30.3 Å². The fourth-order valence-electron chi connectivity index (χ4n) is 2.72. The van der Waals surface area contributed by atoms with Gasteiger partial charge in [0.1, 0.15) is 0 Å². The molecule has 1 aliphatic rings. The van der Waals surface area contributed by atoms with Crippen molar-refractivity contribution in [3.63, 3.8) is 0 Å². The predicted molar refractivity (Wildman–Crippen MR) is 78.4 cm³/mol. The van der Waals surface area contributed by atoms with E-state index in [1.807, 2.05) is 0 Å². The number of hydrogen-bond donors (Lipinski definition) is 1. The normalized spacial score (nSPS) is 15.3. The number of nitrogens with one attached hydrogen (secondary N) is 1. The van der Waals surface area contributed by atoms with E-state index in [-0.39, 0.29) is 0 Å². The van der Waals surface area contributed by atoms with Crippen LogP contribution in [-0.2, 0) is 6.54 Å². The highest BCUT2D eigenvalue weighted by molar-refractivity contribution is 7.71. The molecule has 2 nitrogen and oxygen atoms in total. The van der Waals surface area contributed by atoms with Crippen LogP contribution in [0.4, 0.5) is 0 Å². The van der Waals surface area contributed by atoms with Crippen LogP contribution < -0.4 is 0 Å². The van der Waals surface area contributed by atoms with E-state index < -0.39 is 0 Å². The van der Waals surface area contributed by atoms with Crippen LogP contribution in [0.5, 0.6) is 0 Å². The molecule has 3 rings (SSSR count). The molecule has 1 N–H and O–H groups in total. The van der Waals surface area contributed by atoms with Crippen molar-refractivity contribution >= 4 is 23.3 Å². The molecule has 0 atom stereocenters. The lowest BCUT2D eigenvalue weighted by Gasteiger charge is -2.05. The van der Waals surface area contributed by atoms with Gasteiger partial charge in [0.05, 0.1) is 11.0 Å². The second-order valence-corrected chi connectivity index (χ2v) is 5.49. The van der Waals surface area contributed by atoms with Crippen LogP contribution in [0.25, 0.3) is 11.0 Å². The Morgan fingerprint density at radius 3 is 3.06 bits per heavy atom. The molecule has 0 bridgehead atoms. The Morgan fingerprint density at radius 2 is 2.28 bits per heavy atom. The predicted octanol–water partition coefficient (Wildman–Crippen LogP) is 4.51. The molecule has 0 saturated carbocycles. The van der Waals surface area contributed by atoms with Crippen molar-refractivity contribution in [2.75, 3.05) is 0 Å². The lowest BCUT2D eigenvalue weighted by molar-refractivity contribution is 0.688. The van der Waals surface area contributed by atoms with Gasteiger partial charge in [0.25, 0.3) is 0 Å². The average molecular weight is 258 g/mol. The van der Waals surface area contributed by atoms with Crippen molar-refractivity contribution in [2.45, 2.75) is 39.2 Å². The molecule has 0 radical (unpaired) electrons. The van der Waals surface area contributed by atoms with Gasteiger partial charge in [-0.1, -0.05) is 17.7 Å². The van der Waals surface area contributed by atoms with Gasteiger partial charge in [0, 0.05) is 6.54 Å². The van der Waals surface area contributed by atoms with E-state index in [0.717, 1.165) is 23.3 Å². The number of benzene rings is 1. The summed E-state index contributed by atoms with van der Waals surface area (Å²) in [6.07, 6.45) is 7.38. The zero-order valence-electron chi connectivity index (χ0n) is 10.7. The summed E-state index contributed by atoms with van der Waals surface area (Å²) in [5, 5.41) is 0. The van der Waals surface area contributed by atoms with Gasteiger partial charge in [-0.15, -0.1) is 0 Å². The molecule has 3 heteroatoms. The van der Waals surface area contributed by atoms with Crippen molar-refractivity contribution in [1.82, 2.24) is 9.55 Å². The van der Waals surface area contributed by atoms with Gasteiger partial charge in [0.2, 0.25) is 0 Å². The van der Waals surface area contributed by atoms with Crippen molar-refractivity contribution in [3.8, 4) is 0 Å². The third-order valence-electron chi connectivity index (χ3n) is 3.72. The van der Waals surface area contributed by atoms with Gasteiger partial charge < -0.3 is 9.55 Å². The van der Waals surface area contributed by atoms with Crippen LogP contribution >= 0.6 is 12.2 Å². The van der Waals surface area contributed by atoms with Crippen LogP contribution in [-0.4, -0.2) is 9.55 Å². The van der Waals surface area contributed by atoms with Crippen LogP contribution in [0, 0.1) is 11.7 Å². The molecule has 0 spiro atoms. The number of nitrogens with zero attached hydrogens (tertiary/aromatic N) is 1. The first-order chi connectivity index (χ1) is 8.74. The van der Waals surface area contributed by atoms with E-state index in [0.29, 0.717) is 0 Å². The highest BCUT2D eigenvalue weighted by atomic mass is 32.1. The Labute approximate surface area is 112 Å². The smallest absolute Gasteiger partial charge is 0.178 e. The molecule has 1 aromatic carbocycles. The third kappa shape index (κ3) is 2.15. The maximum absolute atomic E-state index is 5.42. The van der Waals surface area contributed by atoms with Gasteiger partial charge in [-0.3, -0.25) is 0 Å². The summed E-state index contributed by atoms with van der Waals surface area (Å²) in [5.41, 5.74) is 5.24. The lowest BCUT2D eigenvalue weighted by Crippen LogP contribution is -1.98. The first kappa shape index (κ1) is 11.7. The largest absolute Gasteiger partial charge is 0.331 e. The number of imidazole rings is 1. The second kappa shape index (κ2) is 4.73. The number of rotatable bonds is 3. The van der Waals surface area contributed by atoms with E-state index in [2.05, 4.69) is 40.7 Å². The van der Waals surface area contributed by atoms with E-state index >= 15 is 0 Å². The fraction of sp³-hybridized carbons (Fsp3) is 0.400. The zero-order valence-corrected chi connectivity index (χ0v) is 11.5. The summed E-state index contributed by atoms with van der Waals surface area (Å²) < 4.78 is 3.07. The first-order valence-electron chi connectivity index (χ1n) is 6.61. The summed E-state index contributed by atoms with van der Waals surface area (Å²) in [4.78, 5) is 3.30. The van der Waals surface area contributed by atoms with Gasteiger partial charge >= 0.3 is 0 Å². The van der Waals surface area contributed by atoms with Crippen LogP contribution in [0.15, 0.2) is 29.8 Å². The number of H-pyrrole nitrogens is 1. The Bertz CT molecular complexity index is 661. The minimum absolute atomic E-state index is 0.842. The Morgan fingerprint density at radius 1 is 1.39 bits per heavy atom. The molecule has 1 heterocycles. The molecule has 1 aliphatic carbocycles. The number of aryl methyl sites for hydroxylation is 2. The summed E-state index contributed by atoms with van der Waals surface area (Å²) in [6, 6.07) is 6.48. The molecule has 18 heavy (non-hydrogen) atoms. The number of fused-ring (bicyclic) bond motifs is 1. The number of aromatic amines is 1. The van der Waals surface area contributed by atoms with Gasteiger partial charge in [0.15, 0.2) is 4.77 Å². The van der Waals surface area contributed by atoms with Crippen molar-refractivity contribution in [2.24, 2.45) is 0 Å². The molecule has 2 aromatic rings. The highest BCUT2D eigenvalue weighted by Gasteiger charge is 2.07. The quantitative estimate of drug-likeness (QED) is 0.634. The molecule has 0 amide bonds. The van der Waals surface area contributed by atoms with E-state index in [9.17, 15) is 0 Å². The van der Waals surface area contributed by atoms with Crippen molar-refractivity contribution < 1.29 is 0 Å². The molecule has 94 valence electrons. The van der Waals surface area contributed by atoms with Gasteiger partial charge in [-0.2, -0.15) is 0 Å². The molecule has 0 fully saturated rings. The molecular weight excluding hydrogens is 240 g/mol. The Balaban J connectivity index is 1.91. The number of hydrogen-bond acceptors (Lipinski definition) is 1. The summed E-state index contributed by atoms with van der Waals surface area (Å²) >= 11 is 5.42. The molecular formula is C15H18N2S. The molecule has 0 aliphatic heterocycles. The van der Waals surface area contributed by atoms with Crippen LogP contribution in [0.2, 0.25) is 0 Å². The topological polar surface area (TPSA) is 20.7 Å². The number of aromatic nitrogens is 2. The maximum atomic E-state index is 5.42.